The van der Waals surface area contributed by atoms with E-state index in [0.717, 1.165) is 18.6 Å². The molecule has 1 aliphatic rings. The van der Waals surface area contributed by atoms with Gasteiger partial charge in [-0.3, -0.25) is 19.0 Å². The number of benzene rings is 2. The first kappa shape index (κ1) is 28.4. The number of carbonyl (C=O) groups is 2. The Balaban J connectivity index is 1.54. The number of halogens is 1. The Kier molecular flexibility index (Phi) is 8.22. The van der Waals surface area contributed by atoms with E-state index in [1.54, 1.807) is 49.2 Å². The molecule has 12 heteroatoms. The Morgan fingerprint density at radius 2 is 1.72 bits per heavy atom. The van der Waals surface area contributed by atoms with Gasteiger partial charge in [0.25, 0.3) is 21.5 Å². The number of aromatic nitrogens is 2. The van der Waals surface area contributed by atoms with Crippen molar-refractivity contribution in [2.75, 3.05) is 24.4 Å². The van der Waals surface area contributed by atoms with Crippen LogP contribution in [0.15, 0.2) is 58.2 Å². The molecule has 0 aliphatic carbocycles. The maximum Gasteiger partial charge on any atom is 0.338 e. The van der Waals surface area contributed by atoms with Gasteiger partial charge in [0.2, 0.25) is 0 Å². The molecular weight excluding hydrogens is 544 g/mol. The number of esters is 1. The molecule has 4 rings (SSSR count). The van der Waals surface area contributed by atoms with Crippen molar-refractivity contribution >= 4 is 39.2 Å². The normalized spacial score (nSPS) is 17.6. The second-order valence-corrected chi connectivity index (χ2v) is 12.2. The molecule has 1 N–H and O–H groups in total. The van der Waals surface area contributed by atoms with Crippen molar-refractivity contribution < 1.29 is 22.7 Å². The molecule has 208 valence electrons. The van der Waals surface area contributed by atoms with E-state index in [1.807, 2.05) is 0 Å². The number of ether oxygens (including phenoxy) is 1. The number of carbonyl (C=O) groups excluding carboxylic acids is 2. The van der Waals surface area contributed by atoms with Gasteiger partial charge in [-0.25, -0.2) is 17.9 Å². The summed E-state index contributed by atoms with van der Waals surface area (Å²) in [4.78, 5) is 39.8. The summed E-state index contributed by atoms with van der Waals surface area (Å²) in [6.07, 6.45) is 1.03. The minimum atomic E-state index is -4.33. The highest BCUT2D eigenvalue weighted by atomic mass is 35.5. The summed E-state index contributed by atoms with van der Waals surface area (Å²) in [7, 11) is -2.69. The second-order valence-electron chi connectivity index (χ2n) is 10.0. The third-order valence-corrected chi connectivity index (χ3v) is 8.30. The Hall–Kier alpha value is -3.57. The summed E-state index contributed by atoms with van der Waals surface area (Å²) in [5.41, 5.74) is 0.109. The van der Waals surface area contributed by atoms with Gasteiger partial charge in [0.1, 0.15) is 5.69 Å². The van der Waals surface area contributed by atoms with Crippen LogP contribution in [0.3, 0.4) is 0 Å². The summed E-state index contributed by atoms with van der Waals surface area (Å²) in [5, 5.41) is -0.0266. The highest BCUT2D eigenvalue weighted by Crippen LogP contribution is 2.24. The van der Waals surface area contributed by atoms with Crippen molar-refractivity contribution in [1.82, 2.24) is 14.3 Å². The number of rotatable bonds is 7. The van der Waals surface area contributed by atoms with Crippen LogP contribution in [0.4, 0.5) is 5.69 Å². The molecule has 0 radical (unpaired) electrons. The van der Waals surface area contributed by atoms with Gasteiger partial charge in [-0.15, -0.1) is 0 Å². The van der Waals surface area contributed by atoms with E-state index >= 15 is 0 Å². The van der Waals surface area contributed by atoms with Gasteiger partial charge < -0.3 is 9.64 Å². The van der Waals surface area contributed by atoms with E-state index in [1.165, 1.54) is 15.4 Å². The molecular formula is C27H31ClN4O6S. The minimum absolute atomic E-state index is 0.0266. The number of hydrogen-bond donors (Lipinski definition) is 1. The predicted octanol–water partition coefficient (Wildman–Crippen LogP) is 3.60. The van der Waals surface area contributed by atoms with Crippen LogP contribution in [-0.2, 0) is 26.6 Å². The van der Waals surface area contributed by atoms with E-state index in [2.05, 4.69) is 18.6 Å². The average Bonchev–Trinajstić information content (AvgIpc) is 3.09. The van der Waals surface area contributed by atoms with Crippen LogP contribution in [0, 0.1) is 18.8 Å². The zero-order valence-corrected chi connectivity index (χ0v) is 23.8. The summed E-state index contributed by atoms with van der Waals surface area (Å²) in [6.45, 7) is 6.47. The third-order valence-electron chi connectivity index (χ3n) is 6.76. The van der Waals surface area contributed by atoms with Crippen molar-refractivity contribution in [1.29, 1.82) is 0 Å². The van der Waals surface area contributed by atoms with Gasteiger partial charge in [0.15, 0.2) is 6.61 Å². The third kappa shape index (κ3) is 6.20. The van der Waals surface area contributed by atoms with Crippen LogP contribution in [0.25, 0.3) is 5.69 Å². The van der Waals surface area contributed by atoms with Gasteiger partial charge >= 0.3 is 5.97 Å². The molecule has 1 saturated heterocycles. The van der Waals surface area contributed by atoms with E-state index in [-0.39, 0.29) is 27.1 Å². The zero-order valence-electron chi connectivity index (χ0n) is 22.2. The van der Waals surface area contributed by atoms with Gasteiger partial charge in [0, 0.05) is 25.2 Å². The molecule has 2 atom stereocenters. The lowest BCUT2D eigenvalue weighted by molar-refractivity contribution is -0.137. The summed E-state index contributed by atoms with van der Waals surface area (Å²) in [5.74, 6) is -0.492. The molecule has 0 spiro atoms. The first-order valence-corrected chi connectivity index (χ1v) is 14.4. The minimum Gasteiger partial charge on any atom is -0.452 e. The fraction of sp³-hybridized carbons (Fsp3) is 0.370. The number of nitrogens with one attached hydrogen (secondary N) is 1. The first-order chi connectivity index (χ1) is 18.4. The molecule has 2 heterocycles. The molecule has 39 heavy (non-hydrogen) atoms. The SMILES string of the molecule is Cc1c(NS(=O)(=O)c2cc(Cl)cc(C(=O)OCC(=O)N3CC(C)CC(C)C3)c2)c(=O)n(-c2ccccc2)n1C. The van der Waals surface area contributed by atoms with Crippen molar-refractivity contribution in [3.05, 3.63) is 75.2 Å². The average molecular weight is 575 g/mol. The lowest BCUT2D eigenvalue weighted by atomic mass is 9.92. The van der Waals surface area contributed by atoms with Crippen LogP contribution in [-0.4, -0.2) is 54.3 Å². The molecule has 1 aliphatic heterocycles. The molecule has 2 unspecified atom stereocenters. The Bertz CT molecular complexity index is 1550. The summed E-state index contributed by atoms with van der Waals surface area (Å²) < 4.78 is 37.0. The monoisotopic (exact) mass is 574 g/mol. The number of anilines is 1. The van der Waals surface area contributed by atoms with E-state index < -0.39 is 28.2 Å². The fourth-order valence-electron chi connectivity index (χ4n) is 4.88. The van der Waals surface area contributed by atoms with Crippen LogP contribution >= 0.6 is 11.6 Å². The van der Waals surface area contributed by atoms with Crippen molar-refractivity contribution in [2.45, 2.75) is 32.1 Å². The van der Waals surface area contributed by atoms with Crippen molar-refractivity contribution in [2.24, 2.45) is 18.9 Å². The van der Waals surface area contributed by atoms with Crippen molar-refractivity contribution in [3.8, 4) is 5.69 Å². The van der Waals surface area contributed by atoms with Gasteiger partial charge in [-0.1, -0.05) is 43.6 Å². The van der Waals surface area contributed by atoms with Gasteiger partial charge in [-0.05, 0) is 55.5 Å². The maximum absolute atomic E-state index is 13.3. The highest BCUT2D eigenvalue weighted by Gasteiger charge is 2.27. The van der Waals surface area contributed by atoms with E-state index in [0.29, 0.717) is 36.3 Å². The number of para-hydroxylation sites is 1. The summed E-state index contributed by atoms with van der Waals surface area (Å²) >= 11 is 6.15. The predicted molar refractivity (Wildman–Crippen MR) is 148 cm³/mol. The number of nitrogens with zero attached hydrogens (tertiary/aromatic N) is 3. The Morgan fingerprint density at radius 3 is 2.36 bits per heavy atom. The van der Waals surface area contributed by atoms with E-state index in [9.17, 15) is 22.8 Å². The molecule has 3 aromatic rings. The smallest absolute Gasteiger partial charge is 0.338 e. The number of likely N-dealkylation sites (tertiary alicyclic amines) is 1. The van der Waals surface area contributed by atoms with Crippen molar-refractivity contribution in [3.63, 3.8) is 0 Å². The van der Waals surface area contributed by atoms with Crippen LogP contribution in [0.1, 0.15) is 36.3 Å². The van der Waals surface area contributed by atoms with Crippen LogP contribution in [0.5, 0.6) is 0 Å². The topological polar surface area (TPSA) is 120 Å². The number of sulfonamides is 1. The molecule has 0 saturated carbocycles. The molecule has 1 fully saturated rings. The highest BCUT2D eigenvalue weighted by molar-refractivity contribution is 7.92. The Morgan fingerprint density at radius 1 is 1.08 bits per heavy atom. The largest absolute Gasteiger partial charge is 0.452 e. The maximum atomic E-state index is 13.3. The lowest BCUT2D eigenvalue weighted by Crippen LogP contribution is -2.44. The quantitative estimate of drug-likeness (QED) is 0.431. The van der Waals surface area contributed by atoms with Gasteiger partial charge in [0.05, 0.1) is 21.8 Å². The first-order valence-electron chi connectivity index (χ1n) is 12.5. The number of amides is 1. The zero-order chi connectivity index (χ0) is 28.5. The molecule has 2 aromatic carbocycles. The molecule has 10 nitrogen and oxygen atoms in total. The number of hydrogen-bond acceptors (Lipinski definition) is 6. The Labute approximate surface area is 232 Å². The molecule has 0 bridgehead atoms. The molecule has 1 aromatic heterocycles. The fourth-order valence-corrected chi connectivity index (χ4v) is 6.37. The van der Waals surface area contributed by atoms with Crippen LogP contribution < -0.4 is 10.3 Å². The standard InChI is InChI=1S/C27H31ClN4O6S/c1-17-10-18(2)15-31(14-17)24(33)16-38-27(35)20-11-21(28)13-23(12-20)39(36,37)29-25-19(3)30(4)32(26(25)34)22-8-6-5-7-9-22/h5-9,11-13,17-18,29H,10,14-16H2,1-4H3. The lowest BCUT2D eigenvalue weighted by Gasteiger charge is -2.34. The molecule has 1 amide bonds. The van der Waals surface area contributed by atoms with Gasteiger partial charge in [-0.2, -0.15) is 0 Å². The van der Waals surface area contributed by atoms with E-state index in [4.69, 9.17) is 16.3 Å². The van der Waals surface area contributed by atoms with Crippen LogP contribution in [0.2, 0.25) is 5.02 Å². The summed E-state index contributed by atoms with van der Waals surface area (Å²) in [6, 6.07) is 12.3. The number of piperidine rings is 1. The second kappa shape index (κ2) is 11.3.